The van der Waals surface area contributed by atoms with E-state index in [0.717, 1.165) is 30.7 Å². The molecule has 0 N–H and O–H groups in total. The Morgan fingerprint density at radius 3 is 0.603 bits per heavy atom. The lowest BCUT2D eigenvalue weighted by Gasteiger charge is -2.22. The fourth-order valence-corrected chi connectivity index (χ4v) is 18.2. The minimum atomic E-state index is 0. The van der Waals surface area contributed by atoms with Crippen LogP contribution in [0.1, 0.15) is 250 Å². The third-order valence-electron chi connectivity index (χ3n) is 25.8. The first-order valence-corrected chi connectivity index (χ1v) is 49.5. The van der Waals surface area contributed by atoms with Crippen LogP contribution < -0.4 is 0 Å². The molecule has 0 unspecified atom stereocenters. The van der Waals surface area contributed by atoms with Crippen LogP contribution in [0.4, 0.5) is 0 Å². The van der Waals surface area contributed by atoms with E-state index in [0.29, 0.717) is 0 Å². The van der Waals surface area contributed by atoms with E-state index in [1.807, 2.05) is 0 Å². The summed E-state index contributed by atoms with van der Waals surface area (Å²) >= 11 is 15.3. The maximum Gasteiger partial charge on any atom is 0.0297 e. The molecule has 15 aromatic rings. The van der Waals surface area contributed by atoms with Crippen LogP contribution in [-0.2, 0) is 12.8 Å². The molecule has 0 spiro atoms. The molecule has 0 fully saturated rings. The number of rotatable bonds is 7. The second-order valence-corrected chi connectivity index (χ2v) is 40.0. The second-order valence-electron chi connectivity index (χ2n) is 36.8. The predicted molar refractivity (Wildman–Crippen MR) is 630 cm³/mol. The van der Waals surface area contributed by atoms with E-state index >= 15 is 0 Å². The van der Waals surface area contributed by atoms with Gasteiger partial charge in [0.25, 0.3) is 0 Å². The molecule has 726 valence electrons. The zero-order chi connectivity index (χ0) is 97.7. The van der Waals surface area contributed by atoms with Gasteiger partial charge in [0.1, 0.15) is 0 Å². The van der Waals surface area contributed by atoms with Gasteiger partial charge in [0.15, 0.2) is 0 Å². The molecule has 0 radical (unpaired) electrons. The Labute approximate surface area is 865 Å². The van der Waals surface area contributed by atoms with Crippen LogP contribution in [-0.4, -0.2) is 0 Å². The number of halogens is 4. The summed E-state index contributed by atoms with van der Waals surface area (Å²) in [4.78, 5) is 0. The minimum absolute atomic E-state index is 0. The molecule has 0 bridgehead atoms. The molecule has 0 saturated carbocycles. The van der Waals surface area contributed by atoms with Crippen molar-refractivity contribution in [3.63, 3.8) is 0 Å². The zero-order valence-corrected chi connectivity index (χ0v) is 92.4. The Hall–Kier alpha value is -9.78. The van der Waals surface area contributed by atoms with Crippen LogP contribution in [0.25, 0.3) is 44.5 Å². The van der Waals surface area contributed by atoms with Gasteiger partial charge in [-0.15, -0.1) is 0 Å². The second kappa shape index (κ2) is 59.5. The molecule has 0 aliphatic rings. The molecule has 0 atom stereocenters. The molecule has 0 nitrogen and oxygen atoms in total. The topological polar surface area (TPSA) is 0 Å². The monoisotopic (exact) mass is 2070 g/mol. The lowest BCUT2D eigenvalue weighted by molar-refractivity contribution is 1.11. The normalized spacial score (nSPS) is 9.93. The summed E-state index contributed by atoms with van der Waals surface area (Å²) in [6, 6.07) is 89.7. The molecule has 0 aliphatic heterocycles. The van der Waals surface area contributed by atoms with Crippen LogP contribution in [0.2, 0.25) is 0 Å². The highest BCUT2D eigenvalue weighted by Gasteiger charge is 2.24. The van der Waals surface area contributed by atoms with Crippen LogP contribution in [0, 0.1) is 235 Å². The van der Waals surface area contributed by atoms with E-state index in [-0.39, 0.29) is 37.1 Å². The van der Waals surface area contributed by atoms with Crippen molar-refractivity contribution in [1.29, 1.82) is 0 Å². The fourth-order valence-electron chi connectivity index (χ4n) is 14.9. The molecule has 0 saturated heterocycles. The summed E-state index contributed by atoms with van der Waals surface area (Å²) in [5, 5.41) is 0. The van der Waals surface area contributed by atoms with Crippen LogP contribution in [0.3, 0.4) is 0 Å². The molecule has 4 heteroatoms. The molecular weight excluding hydrogens is 1910 g/mol. The van der Waals surface area contributed by atoms with Crippen molar-refractivity contribution in [2.45, 2.75) is 292 Å². The van der Waals surface area contributed by atoms with Gasteiger partial charge in [-0.25, -0.2) is 0 Å². The zero-order valence-electron chi connectivity index (χ0n) is 86.1. The standard InChI is InChI=1S/C18H18Br4.C18H22.C16H18.C15H16.C14H14.C11H16.C10H14.C9H12.2C8H10.5CH4/c1-7-9(3)15(19)13(16(20)10(7)4)14-17(21)11(5)8(2)12(6)18(14)22;1-11-7-17(8-12(2)15(11)5)18-9-13(3)16(6)14(4)10-18;1-11-5-7-15(9-13(11)3)16-8-6-12(2)14(4)10-16;1-12-3-7-14(8-4-12)11-15-9-5-13(2)6-10-15;1-11-3-7-13(8-4-11)14-9-5-12(2)6-10-14;1-5-11-6-8(2)10(4)9(3)7-11;1-7-5-8(2)10(4)9(3)6-7;1-7-4-5-8(2)9(3)6-7;1-7-3-5-8(2)6-4-7;1-7-4-3-5-8(2)6-7;;;;;/h1-6H3;7-10H,1-6H3;5-10H,1-4H3;3-10H,11H2,1-2H3;3-10H,1-2H3;6-7H,5H2,1-4H3;5-6H,1-4H3;4-6H,1-3H3;2*3-6H,1-2H3;5*1H4. The van der Waals surface area contributed by atoms with Crippen molar-refractivity contribution in [2.75, 3.05) is 0 Å². The Morgan fingerprint density at radius 1 is 0.154 bits per heavy atom. The number of benzene rings is 15. The maximum absolute atomic E-state index is 3.82. The number of hydrogen-bond acceptors (Lipinski definition) is 0. The molecule has 0 amide bonds. The molecule has 15 aromatic carbocycles. The van der Waals surface area contributed by atoms with E-state index in [1.54, 1.807) is 0 Å². The average Bonchev–Trinajstić information content (AvgIpc) is 0.748. The highest BCUT2D eigenvalue weighted by atomic mass is 79.9. The lowest BCUT2D eigenvalue weighted by Crippen LogP contribution is -1.99. The molecule has 0 aromatic heterocycles. The van der Waals surface area contributed by atoms with Crippen LogP contribution in [0.5, 0.6) is 0 Å². The lowest BCUT2D eigenvalue weighted by atomic mass is 9.92. The Bertz CT molecular complexity index is 5830. The molecular formula is C132H170Br4. The fraction of sp³-hybridized carbons (Fsp3) is 0.318. The minimum Gasteiger partial charge on any atom is -0.0776 e. The third kappa shape index (κ3) is 37.9. The van der Waals surface area contributed by atoms with E-state index in [4.69, 9.17) is 0 Å². The summed E-state index contributed by atoms with van der Waals surface area (Å²) in [5.74, 6) is 0. The Balaban J connectivity index is 0.000000764. The van der Waals surface area contributed by atoms with Gasteiger partial charge in [0, 0.05) is 29.0 Å². The summed E-state index contributed by atoms with van der Waals surface area (Å²) in [6.45, 7) is 75.4. The molecule has 136 heavy (non-hydrogen) atoms. The Morgan fingerprint density at radius 2 is 0.360 bits per heavy atom. The quantitative estimate of drug-likeness (QED) is 0.149. The van der Waals surface area contributed by atoms with Gasteiger partial charge in [-0.1, -0.05) is 348 Å². The first-order valence-electron chi connectivity index (χ1n) is 46.3. The van der Waals surface area contributed by atoms with Gasteiger partial charge in [-0.3, -0.25) is 0 Å². The SMILES string of the molecule is C.C.C.C.C.CCc1cc(C)c(C)c(C)c1.Cc1c(C)c(Br)c(-c2c(Br)c(C)c(C)c(C)c2Br)c(Br)c1C.Cc1cc(-c2cc(C)c(C)c(C)c2)cc(C)c1C.Cc1cc(C)c(C)c(C)c1.Cc1ccc(-c2ccc(C)c(C)c2)cc1C.Cc1ccc(-c2ccc(C)cc2)cc1.Cc1ccc(C)c(C)c1.Cc1ccc(C)cc1.Cc1ccc(Cc2ccc(C)cc2)cc1.Cc1cccc(C)c1. The van der Waals surface area contributed by atoms with Crippen molar-refractivity contribution >= 4 is 63.7 Å². The number of aryl methyl sites for hydroxylation is 25. The third-order valence-corrected chi connectivity index (χ3v) is 29.8. The Kier molecular flexibility index (Phi) is 54.3. The van der Waals surface area contributed by atoms with Crippen LogP contribution >= 0.6 is 63.7 Å². The van der Waals surface area contributed by atoms with Crippen molar-refractivity contribution in [3.8, 4) is 44.5 Å². The van der Waals surface area contributed by atoms with Gasteiger partial charge in [0.05, 0.1) is 0 Å². The number of hydrogen-bond donors (Lipinski definition) is 0. The van der Waals surface area contributed by atoms with Gasteiger partial charge in [-0.05, 0) is 496 Å². The van der Waals surface area contributed by atoms with Gasteiger partial charge in [-0.2, -0.15) is 0 Å². The van der Waals surface area contributed by atoms with Gasteiger partial charge >= 0.3 is 0 Å². The highest BCUT2D eigenvalue weighted by Crippen LogP contribution is 2.49. The van der Waals surface area contributed by atoms with Crippen molar-refractivity contribution in [3.05, 3.63) is 472 Å². The summed E-state index contributed by atoms with van der Waals surface area (Å²) < 4.78 is 4.58. The van der Waals surface area contributed by atoms with Crippen LogP contribution in [0.15, 0.2) is 267 Å². The maximum atomic E-state index is 3.82. The molecule has 15 rings (SSSR count). The van der Waals surface area contributed by atoms with Crippen molar-refractivity contribution < 1.29 is 0 Å². The summed E-state index contributed by atoms with van der Waals surface area (Å²) in [6.07, 6.45) is 2.17. The predicted octanol–water partition coefficient (Wildman–Crippen LogP) is 42.4. The van der Waals surface area contributed by atoms with Crippen molar-refractivity contribution in [2.24, 2.45) is 0 Å². The van der Waals surface area contributed by atoms with E-state index in [9.17, 15) is 0 Å². The average molecular weight is 2080 g/mol. The smallest absolute Gasteiger partial charge is 0.0297 e. The summed E-state index contributed by atoms with van der Waals surface area (Å²) in [7, 11) is 0. The van der Waals surface area contributed by atoms with Gasteiger partial charge in [0.2, 0.25) is 0 Å². The highest BCUT2D eigenvalue weighted by molar-refractivity contribution is 9.11. The van der Waals surface area contributed by atoms with E-state index in [1.165, 1.54) is 250 Å². The van der Waals surface area contributed by atoms with E-state index < -0.39 is 0 Å². The molecule has 0 aliphatic carbocycles. The first-order chi connectivity index (χ1) is 61.6. The first kappa shape index (κ1) is 124. The van der Waals surface area contributed by atoms with Crippen molar-refractivity contribution in [1.82, 2.24) is 0 Å². The molecule has 0 heterocycles. The van der Waals surface area contributed by atoms with E-state index in [2.05, 4.69) is 555 Å². The van der Waals surface area contributed by atoms with Gasteiger partial charge < -0.3 is 0 Å². The largest absolute Gasteiger partial charge is 0.0776 e. The summed E-state index contributed by atoms with van der Waals surface area (Å²) in [5.41, 5.74) is 60.5.